The van der Waals surface area contributed by atoms with Gasteiger partial charge in [-0.25, -0.2) is 0 Å². The molecule has 0 spiro atoms. The molecule has 1 heterocycles. The van der Waals surface area contributed by atoms with Gasteiger partial charge in [-0.05, 0) is 61.9 Å². The predicted molar refractivity (Wildman–Crippen MR) is 70.0 cm³/mol. The second-order valence-electron chi connectivity index (χ2n) is 5.83. The van der Waals surface area contributed by atoms with Gasteiger partial charge in [0.25, 0.3) is 0 Å². The molecule has 1 N–H and O–H groups in total. The summed E-state index contributed by atoms with van der Waals surface area (Å²) in [6.07, 6.45) is 1.17. The number of hydrogen-bond donors (Lipinski definition) is 1. The molecule has 0 fully saturated rings. The summed E-state index contributed by atoms with van der Waals surface area (Å²) in [5, 5.41) is 3.60. The molecule has 1 aromatic carbocycles. The van der Waals surface area contributed by atoms with Crippen LogP contribution in [0.3, 0.4) is 0 Å². The quantitative estimate of drug-likeness (QED) is 0.759. The fraction of sp³-hybridized carbons (Fsp3) is 0.600. The highest BCUT2D eigenvalue weighted by atomic mass is 15.0. The van der Waals surface area contributed by atoms with E-state index >= 15 is 0 Å². The highest BCUT2D eigenvalue weighted by Crippen LogP contribution is 2.33. The molecule has 0 radical (unpaired) electrons. The van der Waals surface area contributed by atoms with E-state index in [9.17, 15) is 0 Å². The molecule has 0 unspecified atom stereocenters. The van der Waals surface area contributed by atoms with E-state index in [0.717, 1.165) is 6.54 Å². The van der Waals surface area contributed by atoms with Crippen molar-refractivity contribution in [2.75, 3.05) is 6.54 Å². The third-order valence-corrected chi connectivity index (χ3v) is 3.69. The van der Waals surface area contributed by atoms with Crippen molar-refractivity contribution >= 4 is 0 Å². The van der Waals surface area contributed by atoms with Crippen molar-refractivity contribution in [2.24, 2.45) is 0 Å². The van der Waals surface area contributed by atoms with Crippen molar-refractivity contribution in [1.82, 2.24) is 5.32 Å². The normalized spacial score (nSPS) is 18.6. The highest BCUT2D eigenvalue weighted by Gasteiger charge is 2.28. The molecule has 0 atom stereocenters. The van der Waals surface area contributed by atoms with Gasteiger partial charge in [0, 0.05) is 5.54 Å². The smallest absolute Gasteiger partial charge is 0.0382 e. The Hall–Kier alpha value is -0.820. The molecule has 1 aliphatic heterocycles. The zero-order valence-electron chi connectivity index (χ0n) is 11.1. The van der Waals surface area contributed by atoms with Crippen LogP contribution in [0.2, 0.25) is 0 Å². The number of rotatable bonds is 1. The Morgan fingerprint density at radius 2 is 1.94 bits per heavy atom. The molecule has 0 aromatic heterocycles. The molecule has 1 nitrogen and oxygen atoms in total. The number of nitrogens with one attached hydrogen (secondary N) is 1. The molecule has 16 heavy (non-hydrogen) atoms. The van der Waals surface area contributed by atoms with E-state index in [1.807, 2.05) is 0 Å². The van der Waals surface area contributed by atoms with Crippen LogP contribution in [-0.2, 0) is 12.0 Å². The first-order valence-corrected chi connectivity index (χ1v) is 6.31. The third kappa shape index (κ3) is 1.89. The Kier molecular flexibility index (Phi) is 2.83. The lowest BCUT2D eigenvalue weighted by molar-refractivity contribution is 0.380. The Balaban J connectivity index is 2.57. The lowest BCUT2D eigenvalue weighted by atomic mass is 9.80. The average molecular weight is 217 g/mol. The van der Waals surface area contributed by atoms with E-state index in [0.29, 0.717) is 5.92 Å². The van der Waals surface area contributed by atoms with Crippen LogP contribution in [0.5, 0.6) is 0 Å². The van der Waals surface area contributed by atoms with E-state index < -0.39 is 0 Å². The molecule has 0 saturated carbocycles. The molecule has 0 saturated heterocycles. The second-order valence-corrected chi connectivity index (χ2v) is 5.83. The Bertz CT molecular complexity index is 402. The molecule has 0 bridgehead atoms. The van der Waals surface area contributed by atoms with Gasteiger partial charge >= 0.3 is 0 Å². The number of benzene rings is 1. The van der Waals surface area contributed by atoms with E-state index in [2.05, 4.69) is 52.1 Å². The molecular formula is C15H23N. The van der Waals surface area contributed by atoms with Crippen LogP contribution in [0.4, 0.5) is 0 Å². The van der Waals surface area contributed by atoms with Crippen molar-refractivity contribution in [3.8, 4) is 0 Å². The highest BCUT2D eigenvalue weighted by molar-refractivity contribution is 5.45. The lowest BCUT2D eigenvalue weighted by Crippen LogP contribution is -2.43. The summed E-state index contributed by atoms with van der Waals surface area (Å²) in [4.78, 5) is 0. The van der Waals surface area contributed by atoms with Crippen molar-refractivity contribution in [1.29, 1.82) is 0 Å². The van der Waals surface area contributed by atoms with Crippen LogP contribution in [0.1, 0.15) is 55.9 Å². The third-order valence-electron chi connectivity index (χ3n) is 3.69. The zero-order valence-corrected chi connectivity index (χ0v) is 11.1. The molecule has 1 heteroatoms. The van der Waals surface area contributed by atoms with Gasteiger partial charge in [0.2, 0.25) is 0 Å². The minimum Gasteiger partial charge on any atom is -0.307 e. The second kappa shape index (κ2) is 3.89. The van der Waals surface area contributed by atoms with Crippen LogP contribution < -0.4 is 5.32 Å². The summed E-state index contributed by atoms with van der Waals surface area (Å²) < 4.78 is 0. The van der Waals surface area contributed by atoms with Crippen LogP contribution >= 0.6 is 0 Å². The Morgan fingerprint density at radius 1 is 1.25 bits per heavy atom. The van der Waals surface area contributed by atoms with Crippen molar-refractivity contribution in [2.45, 2.75) is 52.5 Å². The maximum atomic E-state index is 3.60. The molecule has 88 valence electrons. The maximum absolute atomic E-state index is 3.60. The number of aryl methyl sites for hydroxylation is 1. The maximum Gasteiger partial charge on any atom is 0.0382 e. The van der Waals surface area contributed by atoms with Crippen LogP contribution in [-0.4, -0.2) is 6.54 Å². The summed E-state index contributed by atoms with van der Waals surface area (Å²) in [5.41, 5.74) is 6.12. The Labute approximate surface area is 99.3 Å². The largest absolute Gasteiger partial charge is 0.307 e. The average Bonchev–Trinajstić information content (AvgIpc) is 2.15. The first kappa shape index (κ1) is 11.7. The van der Waals surface area contributed by atoms with E-state index in [1.165, 1.54) is 23.1 Å². The minimum absolute atomic E-state index is 0.132. The van der Waals surface area contributed by atoms with Crippen molar-refractivity contribution in [3.05, 3.63) is 34.4 Å². The number of hydrogen-bond acceptors (Lipinski definition) is 1. The summed E-state index contributed by atoms with van der Waals surface area (Å²) in [7, 11) is 0. The molecule has 2 rings (SSSR count). The van der Waals surface area contributed by atoms with Gasteiger partial charge in [0.05, 0.1) is 0 Å². The van der Waals surface area contributed by atoms with Crippen molar-refractivity contribution < 1.29 is 0 Å². The van der Waals surface area contributed by atoms with Crippen LogP contribution in [0.25, 0.3) is 0 Å². The standard InChI is InChI=1S/C15H23N/c1-10(2)13-8-11(3)14-12(9-13)6-7-16-15(14,4)5/h8-10,16H,6-7H2,1-5H3. The summed E-state index contributed by atoms with van der Waals surface area (Å²) in [6, 6.07) is 4.77. The summed E-state index contributed by atoms with van der Waals surface area (Å²) in [5.74, 6) is 0.627. The summed E-state index contributed by atoms with van der Waals surface area (Å²) in [6.45, 7) is 12.5. The SMILES string of the molecule is Cc1cc(C(C)C)cc2c1C(C)(C)NCC2. The predicted octanol–water partition coefficient (Wildman–Crippen LogP) is 3.50. The van der Waals surface area contributed by atoms with Gasteiger partial charge in [-0.3, -0.25) is 0 Å². The zero-order chi connectivity index (χ0) is 11.9. The van der Waals surface area contributed by atoms with Gasteiger partial charge in [-0.1, -0.05) is 26.0 Å². The van der Waals surface area contributed by atoms with E-state index in [-0.39, 0.29) is 5.54 Å². The summed E-state index contributed by atoms with van der Waals surface area (Å²) >= 11 is 0. The topological polar surface area (TPSA) is 12.0 Å². The molecule has 0 aliphatic carbocycles. The van der Waals surface area contributed by atoms with Gasteiger partial charge < -0.3 is 5.32 Å². The van der Waals surface area contributed by atoms with Crippen molar-refractivity contribution in [3.63, 3.8) is 0 Å². The first-order valence-electron chi connectivity index (χ1n) is 6.31. The van der Waals surface area contributed by atoms with Gasteiger partial charge in [-0.2, -0.15) is 0 Å². The van der Waals surface area contributed by atoms with Crippen LogP contribution in [0, 0.1) is 6.92 Å². The molecule has 0 amide bonds. The Morgan fingerprint density at radius 3 is 2.56 bits per heavy atom. The molecular weight excluding hydrogens is 194 g/mol. The first-order chi connectivity index (χ1) is 7.42. The van der Waals surface area contributed by atoms with E-state index in [4.69, 9.17) is 0 Å². The van der Waals surface area contributed by atoms with Gasteiger partial charge in [0.1, 0.15) is 0 Å². The van der Waals surface area contributed by atoms with Gasteiger partial charge in [0.15, 0.2) is 0 Å². The molecule has 1 aromatic rings. The molecule has 1 aliphatic rings. The lowest BCUT2D eigenvalue weighted by Gasteiger charge is -2.36. The van der Waals surface area contributed by atoms with E-state index in [1.54, 1.807) is 5.56 Å². The van der Waals surface area contributed by atoms with Crippen LogP contribution in [0.15, 0.2) is 12.1 Å². The number of fused-ring (bicyclic) bond motifs is 1. The minimum atomic E-state index is 0.132. The monoisotopic (exact) mass is 217 g/mol. The van der Waals surface area contributed by atoms with Gasteiger partial charge in [-0.15, -0.1) is 0 Å². The fourth-order valence-corrected chi connectivity index (χ4v) is 2.91. The fourth-order valence-electron chi connectivity index (χ4n) is 2.91.